The lowest BCUT2D eigenvalue weighted by Crippen LogP contribution is -2.07. The fourth-order valence-electron chi connectivity index (χ4n) is 1.93. The molecule has 2 rings (SSSR count). The topological polar surface area (TPSA) is 41.5 Å². The van der Waals surface area contributed by atoms with Gasteiger partial charge in [-0.05, 0) is 37.3 Å². The minimum Gasteiger partial charge on any atom is -0.507 e. The first kappa shape index (κ1) is 14.5. The Labute approximate surface area is 122 Å². The third-order valence-corrected chi connectivity index (χ3v) is 3.32. The minimum absolute atomic E-state index is 0.127. The molecule has 0 bridgehead atoms. The maximum Gasteiger partial charge on any atom is 0.124 e. The van der Waals surface area contributed by atoms with Gasteiger partial charge in [0.1, 0.15) is 17.3 Å². The number of rotatable bonds is 4. The van der Waals surface area contributed by atoms with Gasteiger partial charge >= 0.3 is 0 Å². The Morgan fingerprint density at radius 1 is 1.25 bits per heavy atom. The molecule has 0 amide bonds. The fourth-order valence-corrected chi connectivity index (χ4v) is 2.16. The summed E-state index contributed by atoms with van der Waals surface area (Å²) in [5.74, 6) is 0.321. The summed E-state index contributed by atoms with van der Waals surface area (Å²) in [6, 6.07) is 9.01. The Balaban J connectivity index is 2.21. The molecular weight excluding hydrogens is 281 g/mol. The largest absolute Gasteiger partial charge is 0.507 e. The minimum atomic E-state index is -0.388. The van der Waals surface area contributed by atoms with Crippen LogP contribution in [0.1, 0.15) is 18.5 Å². The van der Waals surface area contributed by atoms with Crippen molar-refractivity contribution < 1.29 is 14.2 Å². The predicted molar refractivity (Wildman–Crippen MR) is 78.1 cm³/mol. The third-order valence-electron chi connectivity index (χ3n) is 3.01. The first-order chi connectivity index (χ1) is 9.51. The molecule has 106 valence electrons. The molecule has 0 aliphatic rings. The fraction of sp³-hybridized carbons (Fsp3) is 0.200. The van der Waals surface area contributed by atoms with E-state index in [4.69, 9.17) is 16.3 Å². The van der Waals surface area contributed by atoms with Crippen LogP contribution in [0.4, 0.5) is 10.1 Å². The molecule has 0 spiro atoms. The Bertz CT molecular complexity index is 619. The van der Waals surface area contributed by atoms with Crippen LogP contribution in [-0.2, 0) is 0 Å². The summed E-state index contributed by atoms with van der Waals surface area (Å²) in [6.45, 7) is 1.88. The second kappa shape index (κ2) is 6.01. The quantitative estimate of drug-likeness (QED) is 0.880. The summed E-state index contributed by atoms with van der Waals surface area (Å²) in [5, 5.41) is 13.4. The van der Waals surface area contributed by atoms with Gasteiger partial charge in [-0.15, -0.1) is 0 Å². The standard InChI is InChI=1S/C15H15ClFNO2/c1-9(12-5-4-11(20-2)8-15(12)19)18-14-6-3-10(17)7-13(14)16/h3-9,18-19H,1-2H3. The second-order valence-electron chi connectivity index (χ2n) is 4.41. The summed E-state index contributed by atoms with van der Waals surface area (Å²) < 4.78 is 18.0. The monoisotopic (exact) mass is 295 g/mol. The number of nitrogens with one attached hydrogen (secondary N) is 1. The van der Waals surface area contributed by atoms with E-state index in [1.54, 1.807) is 24.3 Å². The maximum absolute atomic E-state index is 13.0. The lowest BCUT2D eigenvalue weighted by Gasteiger charge is -2.18. The molecule has 0 radical (unpaired) electrons. The van der Waals surface area contributed by atoms with Gasteiger partial charge in [-0.3, -0.25) is 0 Å². The molecule has 0 aliphatic carbocycles. The Kier molecular flexibility index (Phi) is 4.35. The number of anilines is 1. The smallest absolute Gasteiger partial charge is 0.124 e. The zero-order chi connectivity index (χ0) is 14.7. The van der Waals surface area contributed by atoms with Gasteiger partial charge in [-0.2, -0.15) is 0 Å². The van der Waals surface area contributed by atoms with Crippen molar-refractivity contribution in [3.8, 4) is 11.5 Å². The van der Waals surface area contributed by atoms with Crippen molar-refractivity contribution in [2.75, 3.05) is 12.4 Å². The van der Waals surface area contributed by atoms with E-state index in [1.807, 2.05) is 6.92 Å². The van der Waals surface area contributed by atoms with Crippen LogP contribution in [0.2, 0.25) is 5.02 Å². The van der Waals surface area contributed by atoms with E-state index in [-0.39, 0.29) is 17.6 Å². The van der Waals surface area contributed by atoms with E-state index in [9.17, 15) is 9.50 Å². The SMILES string of the molecule is COc1ccc(C(C)Nc2ccc(F)cc2Cl)c(O)c1. The molecule has 0 heterocycles. The molecule has 0 aromatic heterocycles. The molecular formula is C15H15ClFNO2. The zero-order valence-electron chi connectivity index (χ0n) is 11.2. The molecule has 1 atom stereocenters. The summed E-state index contributed by atoms with van der Waals surface area (Å²) in [7, 11) is 1.54. The lowest BCUT2D eigenvalue weighted by molar-refractivity contribution is 0.406. The number of hydrogen-bond donors (Lipinski definition) is 2. The first-order valence-electron chi connectivity index (χ1n) is 6.09. The zero-order valence-corrected chi connectivity index (χ0v) is 11.9. The molecule has 20 heavy (non-hydrogen) atoms. The van der Waals surface area contributed by atoms with Crippen molar-refractivity contribution in [3.63, 3.8) is 0 Å². The van der Waals surface area contributed by atoms with Crippen molar-refractivity contribution in [3.05, 3.63) is 52.8 Å². The van der Waals surface area contributed by atoms with E-state index in [0.717, 1.165) is 0 Å². The first-order valence-corrected chi connectivity index (χ1v) is 6.47. The van der Waals surface area contributed by atoms with E-state index >= 15 is 0 Å². The summed E-state index contributed by atoms with van der Waals surface area (Å²) in [4.78, 5) is 0. The highest BCUT2D eigenvalue weighted by atomic mass is 35.5. The van der Waals surface area contributed by atoms with Crippen molar-refractivity contribution in [2.24, 2.45) is 0 Å². The van der Waals surface area contributed by atoms with E-state index < -0.39 is 0 Å². The van der Waals surface area contributed by atoms with Crippen molar-refractivity contribution in [2.45, 2.75) is 13.0 Å². The van der Waals surface area contributed by atoms with Crippen LogP contribution in [0.5, 0.6) is 11.5 Å². The molecule has 1 unspecified atom stereocenters. The average molecular weight is 296 g/mol. The van der Waals surface area contributed by atoms with Gasteiger partial charge in [-0.1, -0.05) is 11.6 Å². The van der Waals surface area contributed by atoms with Crippen LogP contribution < -0.4 is 10.1 Å². The normalized spacial score (nSPS) is 12.0. The van der Waals surface area contributed by atoms with Gasteiger partial charge in [0.15, 0.2) is 0 Å². The van der Waals surface area contributed by atoms with Crippen LogP contribution in [0.15, 0.2) is 36.4 Å². The molecule has 0 fully saturated rings. The van der Waals surface area contributed by atoms with Gasteiger partial charge in [0.05, 0.1) is 23.9 Å². The molecule has 2 aromatic rings. The molecule has 2 aromatic carbocycles. The predicted octanol–water partition coefficient (Wildman–Crippen LogP) is 4.37. The summed E-state index contributed by atoms with van der Waals surface area (Å²) >= 11 is 5.96. The Hall–Kier alpha value is -1.94. The number of phenolic OH excluding ortho intramolecular Hbond substituents is 1. The number of aromatic hydroxyl groups is 1. The molecule has 0 saturated carbocycles. The van der Waals surface area contributed by atoms with E-state index in [2.05, 4.69) is 5.32 Å². The van der Waals surface area contributed by atoms with Gasteiger partial charge < -0.3 is 15.2 Å². The molecule has 3 nitrogen and oxygen atoms in total. The number of phenols is 1. The van der Waals surface area contributed by atoms with Crippen LogP contribution in [-0.4, -0.2) is 12.2 Å². The summed E-state index contributed by atoms with van der Waals surface area (Å²) in [5.41, 5.74) is 1.31. The Morgan fingerprint density at radius 3 is 2.60 bits per heavy atom. The van der Waals surface area contributed by atoms with Gasteiger partial charge in [0.25, 0.3) is 0 Å². The highest BCUT2D eigenvalue weighted by Crippen LogP contribution is 2.32. The summed E-state index contributed by atoms with van der Waals surface area (Å²) in [6.07, 6.45) is 0. The van der Waals surface area contributed by atoms with Crippen molar-refractivity contribution in [1.29, 1.82) is 0 Å². The van der Waals surface area contributed by atoms with Crippen LogP contribution in [0, 0.1) is 5.82 Å². The van der Waals surface area contributed by atoms with Gasteiger partial charge in [-0.25, -0.2) is 4.39 Å². The number of ether oxygens (including phenoxy) is 1. The highest BCUT2D eigenvalue weighted by Gasteiger charge is 2.12. The van der Waals surface area contributed by atoms with Gasteiger partial charge in [0, 0.05) is 11.6 Å². The number of benzene rings is 2. The molecule has 0 aliphatic heterocycles. The van der Waals surface area contributed by atoms with Crippen LogP contribution in [0.25, 0.3) is 0 Å². The maximum atomic E-state index is 13.0. The number of halogens is 2. The number of hydrogen-bond acceptors (Lipinski definition) is 3. The third kappa shape index (κ3) is 3.14. The van der Waals surface area contributed by atoms with Crippen LogP contribution >= 0.6 is 11.6 Å². The van der Waals surface area contributed by atoms with E-state index in [1.165, 1.54) is 19.2 Å². The molecule has 2 N–H and O–H groups in total. The second-order valence-corrected chi connectivity index (χ2v) is 4.82. The van der Waals surface area contributed by atoms with Crippen molar-refractivity contribution in [1.82, 2.24) is 0 Å². The Morgan fingerprint density at radius 2 is 2.00 bits per heavy atom. The van der Waals surface area contributed by atoms with E-state index in [0.29, 0.717) is 22.0 Å². The lowest BCUT2D eigenvalue weighted by atomic mass is 10.1. The van der Waals surface area contributed by atoms with Gasteiger partial charge in [0.2, 0.25) is 0 Å². The number of methoxy groups -OCH3 is 1. The average Bonchev–Trinajstić information content (AvgIpc) is 2.41. The molecule has 0 saturated heterocycles. The van der Waals surface area contributed by atoms with Crippen molar-refractivity contribution >= 4 is 17.3 Å². The molecule has 5 heteroatoms. The van der Waals surface area contributed by atoms with Crippen LogP contribution in [0.3, 0.4) is 0 Å². The highest BCUT2D eigenvalue weighted by molar-refractivity contribution is 6.33.